The first-order valence-corrected chi connectivity index (χ1v) is 9.40. The minimum atomic E-state index is -1.31. The molecule has 0 atom stereocenters. The number of hydrogen-bond acceptors (Lipinski definition) is 6. The molecule has 2 aromatic carbocycles. The molecule has 0 aliphatic carbocycles. The molecule has 3 aromatic rings. The summed E-state index contributed by atoms with van der Waals surface area (Å²) in [5.74, 6) is 1.29. The molecular formula is C23H22N2O5. The number of carboxylic acid groups (broad SMARTS) is 1. The molecule has 0 fully saturated rings. The maximum Gasteiger partial charge on any atom is 0.347 e. The first kappa shape index (κ1) is 20.9. The van der Waals surface area contributed by atoms with Crippen LogP contribution in [0.5, 0.6) is 11.5 Å². The molecule has 0 saturated carbocycles. The third kappa shape index (κ3) is 4.97. The van der Waals surface area contributed by atoms with Gasteiger partial charge in [0.15, 0.2) is 5.60 Å². The van der Waals surface area contributed by atoms with Crippen molar-refractivity contribution in [3.8, 4) is 29.0 Å². The predicted octanol–water partition coefficient (Wildman–Crippen LogP) is 4.39. The Kier molecular flexibility index (Phi) is 6.07. The van der Waals surface area contributed by atoms with Gasteiger partial charge in [0, 0.05) is 12.0 Å². The minimum Gasteiger partial charge on any atom is -0.493 e. The van der Waals surface area contributed by atoms with Crippen LogP contribution >= 0.6 is 0 Å². The highest BCUT2D eigenvalue weighted by Crippen LogP contribution is 2.24. The Balaban J connectivity index is 1.57. The summed E-state index contributed by atoms with van der Waals surface area (Å²) in [5, 5.41) is 18.0. The molecular weight excluding hydrogens is 384 g/mol. The van der Waals surface area contributed by atoms with Crippen molar-refractivity contribution in [3.63, 3.8) is 0 Å². The molecule has 1 N–H and O–H groups in total. The first-order chi connectivity index (χ1) is 14.3. The molecule has 154 valence electrons. The Hall–Kier alpha value is -3.79. The Morgan fingerprint density at radius 1 is 1.13 bits per heavy atom. The highest BCUT2D eigenvalue weighted by molar-refractivity contribution is 5.76. The second-order valence-electron chi connectivity index (χ2n) is 7.20. The van der Waals surface area contributed by atoms with Gasteiger partial charge in [-0.15, -0.1) is 0 Å². The lowest BCUT2D eigenvalue weighted by Gasteiger charge is -2.21. The number of ether oxygens (including phenoxy) is 2. The van der Waals surface area contributed by atoms with E-state index in [0.717, 1.165) is 17.0 Å². The van der Waals surface area contributed by atoms with E-state index in [-0.39, 0.29) is 0 Å². The molecule has 0 radical (unpaired) electrons. The fraction of sp³-hybridized carbons (Fsp3) is 0.261. The van der Waals surface area contributed by atoms with E-state index in [1.54, 1.807) is 48.5 Å². The van der Waals surface area contributed by atoms with Crippen molar-refractivity contribution >= 4 is 5.97 Å². The Bertz CT molecular complexity index is 1060. The summed E-state index contributed by atoms with van der Waals surface area (Å²) in [4.78, 5) is 15.7. The van der Waals surface area contributed by atoms with Crippen LogP contribution in [0.25, 0.3) is 11.5 Å². The molecule has 0 spiro atoms. The van der Waals surface area contributed by atoms with Crippen LogP contribution in [0.4, 0.5) is 0 Å². The lowest BCUT2D eigenvalue weighted by atomic mass is 10.1. The number of rotatable bonds is 8. The predicted molar refractivity (Wildman–Crippen MR) is 109 cm³/mol. The summed E-state index contributed by atoms with van der Waals surface area (Å²) in [5.41, 5.74) is 0.889. The van der Waals surface area contributed by atoms with Crippen LogP contribution in [-0.4, -0.2) is 28.3 Å². The molecule has 0 aliphatic heterocycles. The van der Waals surface area contributed by atoms with Crippen LogP contribution in [-0.2, 0) is 11.2 Å². The summed E-state index contributed by atoms with van der Waals surface area (Å²) in [6.07, 6.45) is 0.565. The summed E-state index contributed by atoms with van der Waals surface area (Å²) >= 11 is 0. The fourth-order valence-corrected chi connectivity index (χ4v) is 2.68. The van der Waals surface area contributed by atoms with E-state index >= 15 is 0 Å². The third-order valence-corrected chi connectivity index (χ3v) is 4.47. The largest absolute Gasteiger partial charge is 0.493 e. The molecule has 30 heavy (non-hydrogen) atoms. The van der Waals surface area contributed by atoms with E-state index in [1.807, 2.05) is 6.92 Å². The van der Waals surface area contributed by atoms with Crippen molar-refractivity contribution < 1.29 is 23.8 Å². The number of oxazole rings is 1. The fourth-order valence-electron chi connectivity index (χ4n) is 2.68. The van der Waals surface area contributed by atoms with E-state index in [0.29, 0.717) is 36.0 Å². The molecule has 3 rings (SSSR count). The number of aryl methyl sites for hydroxylation is 1. The van der Waals surface area contributed by atoms with Crippen molar-refractivity contribution in [2.75, 3.05) is 6.61 Å². The average Bonchev–Trinajstić information content (AvgIpc) is 3.09. The van der Waals surface area contributed by atoms with Gasteiger partial charge in [-0.2, -0.15) is 5.26 Å². The highest BCUT2D eigenvalue weighted by Gasteiger charge is 2.29. The quantitative estimate of drug-likeness (QED) is 0.591. The van der Waals surface area contributed by atoms with Gasteiger partial charge in [0.1, 0.15) is 17.3 Å². The topological polar surface area (TPSA) is 106 Å². The van der Waals surface area contributed by atoms with Gasteiger partial charge in [-0.05, 0) is 69.3 Å². The van der Waals surface area contributed by atoms with Gasteiger partial charge in [0.25, 0.3) is 0 Å². The molecule has 1 heterocycles. The van der Waals surface area contributed by atoms with Crippen LogP contribution in [0, 0.1) is 18.3 Å². The summed E-state index contributed by atoms with van der Waals surface area (Å²) in [6, 6.07) is 15.9. The molecule has 0 saturated heterocycles. The monoisotopic (exact) mass is 406 g/mol. The number of carbonyl (C=O) groups is 1. The van der Waals surface area contributed by atoms with E-state index in [2.05, 4.69) is 11.1 Å². The standard InChI is InChI=1S/C23H22N2O5/c1-15-20(25-21(29-15)17-6-4-16(14-24)5-7-17)12-13-28-18-8-10-19(11-9-18)30-23(2,3)22(26)27/h4-11H,12-13H2,1-3H3,(H,26,27). The molecule has 1 aromatic heterocycles. The number of nitriles is 1. The van der Waals surface area contributed by atoms with Crippen LogP contribution < -0.4 is 9.47 Å². The van der Waals surface area contributed by atoms with Crippen molar-refractivity contribution in [3.05, 3.63) is 65.5 Å². The number of benzene rings is 2. The lowest BCUT2D eigenvalue weighted by Crippen LogP contribution is -2.37. The van der Waals surface area contributed by atoms with Crippen molar-refractivity contribution in [1.29, 1.82) is 5.26 Å². The molecule has 0 bridgehead atoms. The average molecular weight is 406 g/mol. The molecule has 7 heteroatoms. The Labute approximate surface area is 174 Å². The third-order valence-electron chi connectivity index (χ3n) is 4.47. The van der Waals surface area contributed by atoms with Gasteiger partial charge in [-0.1, -0.05) is 0 Å². The Morgan fingerprint density at radius 3 is 2.37 bits per heavy atom. The second kappa shape index (κ2) is 8.70. The number of aromatic nitrogens is 1. The van der Waals surface area contributed by atoms with Gasteiger partial charge in [-0.3, -0.25) is 0 Å². The second-order valence-corrected chi connectivity index (χ2v) is 7.20. The number of nitrogens with zero attached hydrogens (tertiary/aromatic N) is 2. The van der Waals surface area contributed by atoms with E-state index in [1.165, 1.54) is 13.8 Å². The van der Waals surface area contributed by atoms with Gasteiger partial charge in [-0.25, -0.2) is 9.78 Å². The van der Waals surface area contributed by atoms with E-state index < -0.39 is 11.6 Å². The van der Waals surface area contributed by atoms with Crippen LogP contribution in [0.15, 0.2) is 52.9 Å². The van der Waals surface area contributed by atoms with Crippen LogP contribution in [0.1, 0.15) is 30.9 Å². The van der Waals surface area contributed by atoms with E-state index in [9.17, 15) is 4.79 Å². The maximum atomic E-state index is 11.1. The van der Waals surface area contributed by atoms with Crippen LogP contribution in [0.3, 0.4) is 0 Å². The van der Waals surface area contributed by atoms with Gasteiger partial charge >= 0.3 is 5.97 Å². The lowest BCUT2D eigenvalue weighted by molar-refractivity contribution is -0.152. The Morgan fingerprint density at radius 2 is 1.77 bits per heavy atom. The summed E-state index contributed by atoms with van der Waals surface area (Å²) < 4.78 is 17.0. The zero-order valence-electron chi connectivity index (χ0n) is 17.0. The number of hydrogen-bond donors (Lipinski definition) is 1. The number of carboxylic acids is 1. The molecule has 7 nitrogen and oxygen atoms in total. The van der Waals surface area contributed by atoms with Gasteiger partial charge in [0.05, 0.1) is 23.9 Å². The van der Waals surface area contributed by atoms with Gasteiger partial charge < -0.3 is 19.0 Å². The molecule has 0 amide bonds. The van der Waals surface area contributed by atoms with Crippen molar-refractivity contribution in [1.82, 2.24) is 4.98 Å². The highest BCUT2D eigenvalue weighted by atomic mass is 16.5. The SMILES string of the molecule is Cc1oc(-c2ccc(C#N)cc2)nc1CCOc1ccc(OC(C)(C)C(=O)O)cc1. The van der Waals surface area contributed by atoms with Crippen molar-refractivity contribution in [2.45, 2.75) is 32.8 Å². The minimum absolute atomic E-state index is 0.404. The number of aliphatic carboxylic acids is 1. The summed E-state index contributed by atoms with van der Waals surface area (Å²) in [7, 11) is 0. The van der Waals surface area contributed by atoms with Crippen LogP contribution in [0.2, 0.25) is 0 Å². The summed E-state index contributed by atoms with van der Waals surface area (Å²) in [6.45, 7) is 5.24. The molecule has 0 aliphatic rings. The van der Waals surface area contributed by atoms with Crippen molar-refractivity contribution in [2.24, 2.45) is 0 Å². The van der Waals surface area contributed by atoms with Gasteiger partial charge in [0.2, 0.25) is 5.89 Å². The zero-order valence-corrected chi connectivity index (χ0v) is 17.0. The molecule has 0 unspecified atom stereocenters. The first-order valence-electron chi connectivity index (χ1n) is 9.40. The van der Waals surface area contributed by atoms with E-state index in [4.69, 9.17) is 24.3 Å². The maximum absolute atomic E-state index is 11.1. The zero-order chi connectivity index (χ0) is 21.7. The smallest absolute Gasteiger partial charge is 0.347 e. The normalized spacial score (nSPS) is 11.0.